The minimum Gasteiger partial charge on any atom is -0.390 e. The van der Waals surface area contributed by atoms with Gasteiger partial charge in [-0.2, -0.15) is 0 Å². The fourth-order valence-corrected chi connectivity index (χ4v) is 1.85. The van der Waals surface area contributed by atoms with Crippen LogP contribution in [0, 0.1) is 11.8 Å². The fourth-order valence-electron chi connectivity index (χ4n) is 1.85. The van der Waals surface area contributed by atoms with E-state index in [1.54, 1.807) is 0 Å². The number of rotatable bonds is 0. The fraction of sp³-hybridized carbons (Fsp3) is 1.00. The number of hydrogen-bond donors (Lipinski definition) is 1. The van der Waals surface area contributed by atoms with Crippen LogP contribution in [0.3, 0.4) is 0 Å². The zero-order chi connectivity index (χ0) is 7.78. The average Bonchev–Trinajstić information content (AvgIpc) is 1.78. The molecular weight excluding hydrogens is 124 g/mol. The first-order chi connectivity index (χ1) is 4.52. The highest BCUT2D eigenvalue weighted by atomic mass is 16.3. The molecule has 60 valence electrons. The number of aliphatic hydroxyl groups is 1. The summed E-state index contributed by atoms with van der Waals surface area (Å²) in [5.41, 5.74) is -0.391. The summed E-state index contributed by atoms with van der Waals surface area (Å²) in [6.45, 7) is 6.33. The van der Waals surface area contributed by atoms with Gasteiger partial charge in [0, 0.05) is 0 Å². The third-order valence-electron chi connectivity index (χ3n) is 2.92. The Hall–Kier alpha value is -0.0400. The van der Waals surface area contributed by atoms with Gasteiger partial charge >= 0.3 is 0 Å². The lowest BCUT2D eigenvalue weighted by Gasteiger charge is -2.38. The van der Waals surface area contributed by atoms with E-state index in [0.29, 0.717) is 11.8 Å². The molecule has 0 bridgehead atoms. The molecule has 0 spiro atoms. The Morgan fingerprint density at radius 2 is 1.90 bits per heavy atom. The monoisotopic (exact) mass is 142 g/mol. The van der Waals surface area contributed by atoms with E-state index < -0.39 is 5.60 Å². The summed E-state index contributed by atoms with van der Waals surface area (Å²) in [6, 6.07) is 0. The van der Waals surface area contributed by atoms with Gasteiger partial charge in [0.05, 0.1) is 5.60 Å². The Labute approximate surface area is 63.4 Å². The van der Waals surface area contributed by atoms with E-state index in [1.165, 1.54) is 12.8 Å². The molecule has 1 N–H and O–H groups in total. The molecule has 0 amide bonds. The second-order valence-electron chi connectivity index (χ2n) is 4.14. The summed E-state index contributed by atoms with van der Waals surface area (Å²) in [7, 11) is 0. The van der Waals surface area contributed by atoms with E-state index in [1.807, 2.05) is 6.92 Å². The van der Waals surface area contributed by atoms with Gasteiger partial charge in [-0.15, -0.1) is 0 Å². The normalized spacial score (nSPS) is 49.2. The molecule has 1 fully saturated rings. The number of hydrogen-bond acceptors (Lipinski definition) is 1. The largest absolute Gasteiger partial charge is 0.390 e. The second-order valence-corrected chi connectivity index (χ2v) is 4.14. The summed E-state index contributed by atoms with van der Waals surface area (Å²) < 4.78 is 0. The molecule has 0 aromatic rings. The van der Waals surface area contributed by atoms with Crippen LogP contribution in [-0.2, 0) is 0 Å². The van der Waals surface area contributed by atoms with Crippen molar-refractivity contribution in [3.8, 4) is 0 Å². The van der Waals surface area contributed by atoms with Crippen molar-refractivity contribution in [1.82, 2.24) is 0 Å². The van der Waals surface area contributed by atoms with Gasteiger partial charge in [-0.25, -0.2) is 0 Å². The van der Waals surface area contributed by atoms with Gasteiger partial charge in [0.2, 0.25) is 0 Å². The van der Waals surface area contributed by atoms with E-state index >= 15 is 0 Å². The van der Waals surface area contributed by atoms with Crippen LogP contribution in [0.4, 0.5) is 0 Å². The standard InChI is InChI=1S/C9H18O/c1-7-4-5-8(2)9(3,10)6-7/h7-8,10H,4-6H2,1-3H3/t7-,8-,9-/m0/s1. The summed E-state index contributed by atoms with van der Waals surface area (Å²) >= 11 is 0. The summed E-state index contributed by atoms with van der Waals surface area (Å²) in [6.07, 6.45) is 3.46. The van der Waals surface area contributed by atoms with Gasteiger partial charge in [-0.1, -0.05) is 20.3 Å². The minimum absolute atomic E-state index is 0.391. The molecule has 0 saturated heterocycles. The molecule has 1 heteroatoms. The molecule has 1 nitrogen and oxygen atoms in total. The van der Waals surface area contributed by atoms with Crippen molar-refractivity contribution in [3.63, 3.8) is 0 Å². The van der Waals surface area contributed by atoms with E-state index in [2.05, 4.69) is 13.8 Å². The molecule has 1 saturated carbocycles. The van der Waals surface area contributed by atoms with Crippen molar-refractivity contribution >= 4 is 0 Å². The van der Waals surface area contributed by atoms with E-state index in [0.717, 1.165) is 6.42 Å². The van der Waals surface area contributed by atoms with E-state index in [9.17, 15) is 5.11 Å². The molecule has 0 radical (unpaired) electrons. The van der Waals surface area contributed by atoms with Crippen LogP contribution in [0.2, 0.25) is 0 Å². The lowest BCUT2D eigenvalue weighted by molar-refractivity contribution is -0.0403. The quantitative estimate of drug-likeness (QED) is 0.549. The van der Waals surface area contributed by atoms with Crippen molar-refractivity contribution in [3.05, 3.63) is 0 Å². The third kappa shape index (κ3) is 1.51. The summed E-state index contributed by atoms with van der Waals surface area (Å²) in [4.78, 5) is 0. The molecule has 0 aromatic heterocycles. The van der Waals surface area contributed by atoms with Crippen LogP contribution in [0.25, 0.3) is 0 Å². The van der Waals surface area contributed by atoms with Crippen molar-refractivity contribution in [2.45, 2.75) is 45.6 Å². The molecule has 1 aliphatic carbocycles. The maximum Gasteiger partial charge on any atom is 0.0647 e. The molecule has 1 rings (SSSR count). The first kappa shape index (κ1) is 8.06. The van der Waals surface area contributed by atoms with Crippen molar-refractivity contribution in [1.29, 1.82) is 0 Å². The van der Waals surface area contributed by atoms with Crippen molar-refractivity contribution in [2.24, 2.45) is 11.8 Å². The lowest BCUT2D eigenvalue weighted by atomic mass is 9.73. The van der Waals surface area contributed by atoms with Crippen molar-refractivity contribution < 1.29 is 5.11 Å². The van der Waals surface area contributed by atoms with Gasteiger partial charge in [0.1, 0.15) is 0 Å². The van der Waals surface area contributed by atoms with Crippen LogP contribution in [-0.4, -0.2) is 10.7 Å². The van der Waals surface area contributed by atoms with Crippen LogP contribution in [0.15, 0.2) is 0 Å². The van der Waals surface area contributed by atoms with Crippen molar-refractivity contribution in [2.75, 3.05) is 0 Å². The first-order valence-electron chi connectivity index (χ1n) is 4.25. The third-order valence-corrected chi connectivity index (χ3v) is 2.92. The predicted octanol–water partition coefficient (Wildman–Crippen LogP) is 2.19. The molecule has 0 aliphatic heterocycles. The first-order valence-corrected chi connectivity index (χ1v) is 4.25. The maximum atomic E-state index is 9.81. The van der Waals surface area contributed by atoms with Gasteiger partial charge in [0.15, 0.2) is 0 Å². The maximum absolute atomic E-state index is 9.81. The molecule has 0 heterocycles. The molecule has 0 aromatic carbocycles. The van der Waals surface area contributed by atoms with E-state index in [-0.39, 0.29) is 0 Å². The Kier molecular flexibility index (Phi) is 2.04. The molecule has 3 atom stereocenters. The smallest absolute Gasteiger partial charge is 0.0647 e. The Morgan fingerprint density at radius 3 is 2.30 bits per heavy atom. The minimum atomic E-state index is -0.391. The van der Waals surface area contributed by atoms with Gasteiger partial charge in [-0.3, -0.25) is 0 Å². The highest BCUT2D eigenvalue weighted by Crippen LogP contribution is 2.35. The van der Waals surface area contributed by atoms with Gasteiger partial charge in [-0.05, 0) is 31.6 Å². The lowest BCUT2D eigenvalue weighted by Crippen LogP contribution is -2.38. The van der Waals surface area contributed by atoms with Crippen LogP contribution in [0.1, 0.15) is 40.0 Å². The van der Waals surface area contributed by atoms with Gasteiger partial charge in [0.25, 0.3) is 0 Å². The zero-order valence-electron chi connectivity index (χ0n) is 7.22. The van der Waals surface area contributed by atoms with Crippen LogP contribution >= 0.6 is 0 Å². The Balaban J connectivity index is 2.55. The molecular formula is C9H18O. The summed E-state index contributed by atoms with van der Waals surface area (Å²) in [5.74, 6) is 1.20. The SMILES string of the molecule is C[C@H]1CC[C@H](C)[C@@](C)(O)C1. The van der Waals surface area contributed by atoms with E-state index in [4.69, 9.17) is 0 Å². The Bertz CT molecular complexity index is 118. The van der Waals surface area contributed by atoms with Crippen LogP contribution in [0.5, 0.6) is 0 Å². The van der Waals surface area contributed by atoms with Gasteiger partial charge < -0.3 is 5.11 Å². The van der Waals surface area contributed by atoms with Crippen LogP contribution < -0.4 is 0 Å². The average molecular weight is 142 g/mol. The molecule has 1 aliphatic rings. The summed E-state index contributed by atoms with van der Waals surface area (Å²) in [5, 5.41) is 9.81. The molecule has 0 unspecified atom stereocenters. The predicted molar refractivity (Wildman–Crippen MR) is 42.8 cm³/mol. The second kappa shape index (κ2) is 2.54. The Morgan fingerprint density at radius 1 is 1.30 bits per heavy atom. The topological polar surface area (TPSA) is 20.2 Å². The molecule has 10 heavy (non-hydrogen) atoms. The zero-order valence-corrected chi connectivity index (χ0v) is 7.22. The highest BCUT2D eigenvalue weighted by molar-refractivity contribution is 4.85. The highest BCUT2D eigenvalue weighted by Gasteiger charge is 2.33.